The Morgan fingerprint density at radius 1 is 1.03 bits per heavy atom. The van der Waals surface area contributed by atoms with Crippen molar-refractivity contribution in [2.75, 3.05) is 20.3 Å². The Kier molecular flexibility index (Phi) is 10.9. The van der Waals surface area contributed by atoms with Crippen LogP contribution in [0.15, 0.2) is 48.5 Å². The monoisotopic (exact) mass is 460 g/mol. The van der Waals surface area contributed by atoms with E-state index >= 15 is 0 Å². The Labute approximate surface area is 195 Å². The summed E-state index contributed by atoms with van der Waals surface area (Å²) in [6.07, 6.45) is 2.74. The normalized spacial score (nSPS) is 11.5. The summed E-state index contributed by atoms with van der Waals surface area (Å²) in [5.41, 5.74) is 0.935. The topological polar surface area (TPSA) is 67.9 Å². The molecule has 174 valence electrons. The summed E-state index contributed by atoms with van der Waals surface area (Å²) in [5.74, 6) is 1.23. The lowest BCUT2D eigenvalue weighted by Gasteiger charge is -2.29. The fourth-order valence-corrected chi connectivity index (χ4v) is 3.26. The molecule has 0 fully saturated rings. The number of rotatable bonds is 13. The molecule has 0 aromatic heterocycles. The third kappa shape index (κ3) is 8.42. The molecule has 0 radical (unpaired) electrons. The van der Waals surface area contributed by atoms with E-state index in [4.69, 9.17) is 21.1 Å². The number of benzene rings is 2. The van der Waals surface area contributed by atoms with Crippen LogP contribution in [0.4, 0.5) is 0 Å². The number of unbranched alkanes of at least 4 members (excludes halogenated alkanes) is 1. The average Bonchev–Trinajstić information content (AvgIpc) is 2.81. The number of amides is 2. The summed E-state index contributed by atoms with van der Waals surface area (Å²) in [4.78, 5) is 27.3. The molecule has 32 heavy (non-hydrogen) atoms. The molecule has 0 saturated carbocycles. The lowest BCUT2D eigenvalue weighted by Crippen LogP contribution is -2.47. The van der Waals surface area contributed by atoms with Crippen LogP contribution in [0.2, 0.25) is 5.02 Å². The van der Waals surface area contributed by atoms with Crippen molar-refractivity contribution in [3.63, 3.8) is 0 Å². The largest absolute Gasteiger partial charge is 0.497 e. The lowest BCUT2D eigenvalue weighted by atomic mass is 10.1. The lowest BCUT2D eigenvalue weighted by molar-refractivity contribution is -0.140. The predicted octanol–water partition coefficient (Wildman–Crippen LogP) is 4.84. The van der Waals surface area contributed by atoms with Crippen molar-refractivity contribution in [3.05, 3.63) is 59.1 Å². The van der Waals surface area contributed by atoms with E-state index in [0.29, 0.717) is 36.9 Å². The zero-order chi connectivity index (χ0) is 23.3. The second kappa shape index (κ2) is 13.6. The Balaban J connectivity index is 1.98. The number of methoxy groups -OCH3 is 1. The Hall–Kier alpha value is -2.73. The Morgan fingerprint density at radius 2 is 1.69 bits per heavy atom. The van der Waals surface area contributed by atoms with Crippen LogP contribution in [-0.4, -0.2) is 43.0 Å². The summed E-state index contributed by atoms with van der Waals surface area (Å²) in [6.45, 7) is 5.21. The summed E-state index contributed by atoms with van der Waals surface area (Å²) >= 11 is 5.88. The van der Waals surface area contributed by atoms with Crippen molar-refractivity contribution in [2.45, 2.75) is 52.1 Å². The molecular weight excluding hydrogens is 428 g/mol. The SMILES string of the molecule is CCCCNC(=O)[C@@H](C)N(Cc1ccc(OC)cc1)C(=O)CCCOc1ccc(Cl)cc1. The molecule has 0 aliphatic carbocycles. The molecule has 1 N–H and O–H groups in total. The number of ether oxygens (including phenoxy) is 2. The first-order valence-corrected chi connectivity index (χ1v) is 11.4. The molecule has 0 spiro atoms. The van der Waals surface area contributed by atoms with Crippen molar-refractivity contribution in [2.24, 2.45) is 0 Å². The first-order valence-electron chi connectivity index (χ1n) is 11.0. The minimum absolute atomic E-state index is 0.0846. The van der Waals surface area contributed by atoms with E-state index in [-0.39, 0.29) is 18.2 Å². The van der Waals surface area contributed by atoms with Gasteiger partial charge in [-0.15, -0.1) is 0 Å². The van der Waals surface area contributed by atoms with Crippen LogP contribution < -0.4 is 14.8 Å². The van der Waals surface area contributed by atoms with Crippen molar-refractivity contribution in [1.82, 2.24) is 10.2 Å². The van der Waals surface area contributed by atoms with Crippen LogP contribution in [0.3, 0.4) is 0 Å². The summed E-state index contributed by atoms with van der Waals surface area (Å²) in [5, 5.41) is 3.57. The van der Waals surface area contributed by atoms with Crippen LogP contribution in [0.1, 0.15) is 45.1 Å². The Bertz CT molecular complexity index is 840. The van der Waals surface area contributed by atoms with Crippen molar-refractivity contribution >= 4 is 23.4 Å². The van der Waals surface area contributed by atoms with Gasteiger partial charge in [0, 0.05) is 24.5 Å². The minimum atomic E-state index is -0.571. The highest BCUT2D eigenvalue weighted by Gasteiger charge is 2.25. The van der Waals surface area contributed by atoms with Crippen molar-refractivity contribution < 1.29 is 19.1 Å². The van der Waals surface area contributed by atoms with Crippen molar-refractivity contribution in [3.8, 4) is 11.5 Å². The number of hydrogen-bond donors (Lipinski definition) is 1. The quantitative estimate of drug-likeness (QED) is 0.434. The number of nitrogens with one attached hydrogen (secondary N) is 1. The van der Waals surface area contributed by atoms with Gasteiger partial charge in [-0.05, 0) is 61.7 Å². The fraction of sp³-hybridized carbons (Fsp3) is 0.440. The van der Waals surface area contributed by atoms with Gasteiger partial charge < -0.3 is 19.7 Å². The van der Waals surface area contributed by atoms with Gasteiger partial charge in [0.05, 0.1) is 13.7 Å². The van der Waals surface area contributed by atoms with Gasteiger partial charge in [0.2, 0.25) is 11.8 Å². The second-order valence-electron chi connectivity index (χ2n) is 7.60. The predicted molar refractivity (Wildman–Crippen MR) is 127 cm³/mol. The maximum atomic E-state index is 13.1. The van der Waals surface area contributed by atoms with Gasteiger partial charge in [-0.2, -0.15) is 0 Å². The molecule has 0 aliphatic heterocycles. The second-order valence-corrected chi connectivity index (χ2v) is 8.03. The molecule has 0 heterocycles. The third-order valence-electron chi connectivity index (χ3n) is 5.13. The van der Waals surface area contributed by atoms with E-state index < -0.39 is 6.04 Å². The molecular formula is C25H33ClN2O4. The molecule has 0 bridgehead atoms. The van der Waals surface area contributed by atoms with E-state index in [9.17, 15) is 9.59 Å². The highest BCUT2D eigenvalue weighted by molar-refractivity contribution is 6.30. The number of carbonyl (C=O) groups is 2. The molecule has 1 atom stereocenters. The molecule has 2 aromatic carbocycles. The maximum absolute atomic E-state index is 13.1. The van der Waals surface area contributed by atoms with E-state index in [2.05, 4.69) is 12.2 Å². The summed E-state index contributed by atoms with van der Waals surface area (Å²) in [6, 6.07) is 14.1. The van der Waals surface area contributed by atoms with Gasteiger partial charge >= 0.3 is 0 Å². The third-order valence-corrected chi connectivity index (χ3v) is 5.38. The molecule has 6 nitrogen and oxygen atoms in total. The molecule has 7 heteroatoms. The number of nitrogens with zero attached hydrogens (tertiary/aromatic N) is 1. The first kappa shape index (κ1) is 25.5. The highest BCUT2D eigenvalue weighted by atomic mass is 35.5. The van der Waals surface area contributed by atoms with Gasteiger partial charge in [-0.3, -0.25) is 9.59 Å². The van der Waals surface area contributed by atoms with Gasteiger partial charge in [-0.1, -0.05) is 37.1 Å². The fourth-order valence-electron chi connectivity index (χ4n) is 3.13. The zero-order valence-corrected chi connectivity index (χ0v) is 19.9. The molecule has 2 aromatic rings. The van der Waals surface area contributed by atoms with Crippen LogP contribution in [0.25, 0.3) is 0 Å². The number of carbonyl (C=O) groups excluding carboxylic acids is 2. The average molecular weight is 461 g/mol. The summed E-state index contributed by atoms with van der Waals surface area (Å²) < 4.78 is 10.9. The standard InChI is InChI=1S/C25H33ClN2O4/c1-4-5-16-27-25(30)19(2)28(18-20-8-12-22(31-3)13-9-20)24(29)7-6-17-32-23-14-10-21(26)11-15-23/h8-15,19H,4-7,16-18H2,1-3H3,(H,27,30)/t19-/m1/s1. The van der Waals surface area contributed by atoms with E-state index in [1.165, 1.54) is 0 Å². The first-order chi connectivity index (χ1) is 15.4. The van der Waals surface area contributed by atoms with E-state index in [1.807, 2.05) is 24.3 Å². The number of halogens is 1. The van der Waals surface area contributed by atoms with Gasteiger partial charge in [0.1, 0.15) is 17.5 Å². The van der Waals surface area contributed by atoms with Crippen LogP contribution in [-0.2, 0) is 16.1 Å². The molecule has 2 amide bonds. The molecule has 0 unspecified atom stereocenters. The van der Waals surface area contributed by atoms with Gasteiger partial charge in [0.25, 0.3) is 0 Å². The highest BCUT2D eigenvalue weighted by Crippen LogP contribution is 2.18. The number of hydrogen-bond acceptors (Lipinski definition) is 4. The van der Waals surface area contributed by atoms with Crippen molar-refractivity contribution in [1.29, 1.82) is 0 Å². The van der Waals surface area contributed by atoms with Crippen LogP contribution in [0.5, 0.6) is 11.5 Å². The summed E-state index contributed by atoms with van der Waals surface area (Å²) in [7, 11) is 1.61. The minimum Gasteiger partial charge on any atom is -0.497 e. The van der Waals surface area contributed by atoms with Gasteiger partial charge in [0.15, 0.2) is 0 Å². The maximum Gasteiger partial charge on any atom is 0.242 e. The molecule has 2 rings (SSSR count). The Morgan fingerprint density at radius 3 is 2.31 bits per heavy atom. The van der Waals surface area contributed by atoms with Gasteiger partial charge in [-0.25, -0.2) is 0 Å². The molecule has 0 aliphatic rings. The molecule has 0 saturated heterocycles. The van der Waals surface area contributed by atoms with E-state index in [0.717, 1.165) is 24.2 Å². The van der Waals surface area contributed by atoms with Crippen LogP contribution in [0, 0.1) is 0 Å². The van der Waals surface area contributed by atoms with E-state index in [1.54, 1.807) is 43.2 Å². The zero-order valence-electron chi connectivity index (χ0n) is 19.1. The van der Waals surface area contributed by atoms with Crippen LogP contribution >= 0.6 is 11.6 Å². The smallest absolute Gasteiger partial charge is 0.242 e.